The zero-order valence-electron chi connectivity index (χ0n) is 16.4. The highest BCUT2D eigenvalue weighted by atomic mass is 16.5. The third-order valence-corrected chi connectivity index (χ3v) is 7.75. The van der Waals surface area contributed by atoms with Crippen molar-refractivity contribution in [3.8, 4) is 0 Å². The summed E-state index contributed by atoms with van der Waals surface area (Å²) in [6.07, 6.45) is 12.9. The lowest BCUT2D eigenvalue weighted by Crippen LogP contribution is -2.53. The van der Waals surface area contributed by atoms with Crippen molar-refractivity contribution in [1.29, 1.82) is 0 Å². The Labute approximate surface area is 149 Å². The number of nitrogens with zero attached hydrogens (tertiary/aromatic N) is 2. The van der Waals surface area contributed by atoms with Gasteiger partial charge in [-0.2, -0.15) is 0 Å². The Morgan fingerprint density at radius 2 is 1.58 bits per heavy atom. The van der Waals surface area contributed by atoms with Crippen molar-refractivity contribution in [2.45, 2.75) is 121 Å². The van der Waals surface area contributed by atoms with Gasteiger partial charge in [0.15, 0.2) is 0 Å². The van der Waals surface area contributed by atoms with Gasteiger partial charge in [0.25, 0.3) is 0 Å². The van der Waals surface area contributed by atoms with Crippen LogP contribution in [0.4, 0.5) is 0 Å². The molecule has 2 spiro atoms. The van der Waals surface area contributed by atoms with Crippen molar-refractivity contribution in [3.63, 3.8) is 0 Å². The van der Waals surface area contributed by atoms with Crippen molar-refractivity contribution in [2.75, 3.05) is 13.2 Å². The van der Waals surface area contributed by atoms with Crippen LogP contribution < -0.4 is 0 Å². The van der Waals surface area contributed by atoms with Gasteiger partial charge in [-0.25, -0.2) is 0 Å². The first-order valence-corrected chi connectivity index (χ1v) is 10.6. The molecule has 4 aliphatic rings. The van der Waals surface area contributed by atoms with Gasteiger partial charge in [0.1, 0.15) is 0 Å². The Hall–Kier alpha value is -0.120. The van der Waals surface area contributed by atoms with E-state index in [9.17, 15) is 0 Å². The van der Waals surface area contributed by atoms with Crippen LogP contribution in [0.1, 0.15) is 85.5 Å². The van der Waals surface area contributed by atoms with E-state index < -0.39 is 0 Å². The molecular weight excluding hydrogens is 296 g/mol. The van der Waals surface area contributed by atoms with Gasteiger partial charge in [-0.1, -0.05) is 12.8 Å². The highest BCUT2D eigenvalue weighted by Crippen LogP contribution is 2.50. The number of hydrogen-bond acceptors (Lipinski definition) is 3. The van der Waals surface area contributed by atoms with Crippen molar-refractivity contribution in [1.82, 2.24) is 9.80 Å². The average molecular weight is 335 g/mol. The van der Waals surface area contributed by atoms with E-state index in [0.29, 0.717) is 35.3 Å². The number of rotatable bonds is 3. The van der Waals surface area contributed by atoms with Crippen LogP contribution >= 0.6 is 0 Å². The second kappa shape index (κ2) is 6.25. The van der Waals surface area contributed by atoms with Gasteiger partial charge in [0, 0.05) is 29.2 Å². The second-order valence-electron chi connectivity index (χ2n) is 9.71. The first kappa shape index (κ1) is 17.3. The van der Waals surface area contributed by atoms with Gasteiger partial charge >= 0.3 is 0 Å². The molecule has 0 N–H and O–H groups in total. The summed E-state index contributed by atoms with van der Waals surface area (Å²) in [6.45, 7) is 11.8. The molecule has 3 heteroatoms. The van der Waals surface area contributed by atoms with Gasteiger partial charge in [-0.05, 0) is 79.2 Å². The van der Waals surface area contributed by atoms with Gasteiger partial charge in [-0.3, -0.25) is 9.80 Å². The smallest absolute Gasteiger partial charge is 0.0750 e. The SMILES string of the molecule is CC(C)N1CCCC12COC(C1CCC3(CCCC3)N1C(C)C)C2. The molecule has 3 heterocycles. The third-order valence-electron chi connectivity index (χ3n) is 7.75. The lowest BCUT2D eigenvalue weighted by molar-refractivity contribution is -0.0127. The lowest BCUT2D eigenvalue weighted by Gasteiger charge is -2.43. The molecule has 3 atom stereocenters. The molecule has 0 bridgehead atoms. The molecular formula is C21H38N2O. The summed E-state index contributed by atoms with van der Waals surface area (Å²) >= 11 is 0. The molecule has 138 valence electrons. The second-order valence-corrected chi connectivity index (χ2v) is 9.71. The fraction of sp³-hybridized carbons (Fsp3) is 1.00. The Morgan fingerprint density at radius 1 is 0.875 bits per heavy atom. The molecule has 4 rings (SSSR count). The van der Waals surface area contributed by atoms with Crippen LogP contribution in [0.25, 0.3) is 0 Å². The van der Waals surface area contributed by atoms with E-state index in [4.69, 9.17) is 4.74 Å². The van der Waals surface area contributed by atoms with Crippen LogP contribution in [-0.4, -0.2) is 58.3 Å². The standard InChI is InChI=1S/C21H38N2O/c1-16(2)22-13-7-11-21(22)14-19(24-15-21)18-8-12-20(9-5-6-10-20)23(18)17(3)4/h16-19H,5-15H2,1-4H3. The fourth-order valence-electron chi connectivity index (χ4n) is 7.01. The summed E-state index contributed by atoms with van der Waals surface area (Å²) in [5.74, 6) is 0. The van der Waals surface area contributed by atoms with Crippen molar-refractivity contribution >= 4 is 0 Å². The van der Waals surface area contributed by atoms with Crippen LogP contribution in [0, 0.1) is 0 Å². The largest absolute Gasteiger partial charge is 0.375 e. The maximum Gasteiger partial charge on any atom is 0.0750 e. The molecule has 0 aromatic rings. The molecule has 24 heavy (non-hydrogen) atoms. The predicted octanol–water partition coefficient (Wildman–Crippen LogP) is 4.20. The summed E-state index contributed by atoms with van der Waals surface area (Å²) in [5.41, 5.74) is 0.873. The van der Waals surface area contributed by atoms with E-state index in [1.807, 2.05) is 0 Å². The molecule has 0 aromatic heterocycles. The summed E-state index contributed by atoms with van der Waals surface area (Å²) in [6, 6.07) is 1.97. The van der Waals surface area contributed by atoms with Crippen LogP contribution in [0.15, 0.2) is 0 Å². The van der Waals surface area contributed by atoms with Crippen molar-refractivity contribution < 1.29 is 4.74 Å². The molecule has 3 saturated heterocycles. The quantitative estimate of drug-likeness (QED) is 0.769. The van der Waals surface area contributed by atoms with Gasteiger partial charge in [0.2, 0.25) is 0 Å². The predicted molar refractivity (Wildman–Crippen MR) is 99.4 cm³/mol. The molecule has 0 aromatic carbocycles. The van der Waals surface area contributed by atoms with Gasteiger partial charge < -0.3 is 4.74 Å². The van der Waals surface area contributed by atoms with E-state index in [2.05, 4.69) is 37.5 Å². The molecule has 3 nitrogen and oxygen atoms in total. The normalized spacial score (nSPS) is 40.2. The van der Waals surface area contributed by atoms with E-state index >= 15 is 0 Å². The minimum absolute atomic E-state index is 0.354. The molecule has 3 unspecified atom stereocenters. The molecule has 1 saturated carbocycles. The number of ether oxygens (including phenoxy) is 1. The molecule has 0 amide bonds. The van der Waals surface area contributed by atoms with E-state index in [1.54, 1.807) is 0 Å². The van der Waals surface area contributed by atoms with Crippen LogP contribution in [0.2, 0.25) is 0 Å². The van der Waals surface area contributed by atoms with E-state index in [-0.39, 0.29) is 0 Å². The van der Waals surface area contributed by atoms with Crippen LogP contribution in [0.5, 0.6) is 0 Å². The Kier molecular flexibility index (Phi) is 4.50. The average Bonchev–Trinajstić information content (AvgIpc) is 3.29. The van der Waals surface area contributed by atoms with Crippen molar-refractivity contribution in [2.24, 2.45) is 0 Å². The first-order valence-electron chi connectivity index (χ1n) is 10.6. The maximum absolute atomic E-state index is 6.55. The topological polar surface area (TPSA) is 15.7 Å². The van der Waals surface area contributed by atoms with Crippen LogP contribution in [-0.2, 0) is 4.74 Å². The monoisotopic (exact) mass is 334 g/mol. The minimum Gasteiger partial charge on any atom is -0.375 e. The van der Waals surface area contributed by atoms with E-state index in [1.165, 1.54) is 64.3 Å². The molecule has 3 aliphatic heterocycles. The molecule has 1 aliphatic carbocycles. The summed E-state index contributed by atoms with van der Waals surface area (Å²) in [4.78, 5) is 5.67. The Morgan fingerprint density at radius 3 is 2.25 bits per heavy atom. The van der Waals surface area contributed by atoms with Gasteiger partial charge in [0.05, 0.1) is 12.7 Å². The Bertz CT molecular complexity index is 457. The zero-order chi connectivity index (χ0) is 16.9. The fourth-order valence-corrected chi connectivity index (χ4v) is 7.01. The number of likely N-dealkylation sites (tertiary alicyclic amines) is 2. The van der Waals surface area contributed by atoms with Crippen LogP contribution in [0.3, 0.4) is 0 Å². The first-order chi connectivity index (χ1) is 11.5. The molecule has 0 radical (unpaired) electrons. The minimum atomic E-state index is 0.354. The van der Waals surface area contributed by atoms with E-state index in [0.717, 1.165) is 6.61 Å². The van der Waals surface area contributed by atoms with Gasteiger partial charge in [-0.15, -0.1) is 0 Å². The zero-order valence-corrected chi connectivity index (χ0v) is 16.4. The number of hydrogen-bond donors (Lipinski definition) is 0. The summed E-state index contributed by atoms with van der Waals surface area (Å²) in [7, 11) is 0. The highest BCUT2D eigenvalue weighted by molar-refractivity contribution is 5.10. The highest BCUT2D eigenvalue weighted by Gasteiger charge is 2.56. The maximum atomic E-state index is 6.55. The third kappa shape index (κ3) is 2.57. The summed E-state index contributed by atoms with van der Waals surface area (Å²) in [5, 5.41) is 0. The molecule has 4 fully saturated rings. The Balaban J connectivity index is 1.52. The lowest BCUT2D eigenvalue weighted by atomic mass is 9.89. The summed E-state index contributed by atoms with van der Waals surface area (Å²) < 4.78 is 6.55. The van der Waals surface area contributed by atoms with Crippen molar-refractivity contribution in [3.05, 3.63) is 0 Å².